The molecule has 0 saturated heterocycles. The summed E-state index contributed by atoms with van der Waals surface area (Å²) >= 11 is 5.91. The van der Waals surface area contributed by atoms with Gasteiger partial charge < -0.3 is 15.5 Å². The van der Waals surface area contributed by atoms with Gasteiger partial charge in [0, 0.05) is 19.3 Å². The van der Waals surface area contributed by atoms with Crippen molar-refractivity contribution in [2.24, 2.45) is 5.92 Å². The maximum atomic E-state index is 10.6. The highest BCUT2D eigenvalue weighted by atomic mass is 35.5. The molecular formula is C19H23ClF3N3O3. The molecule has 0 amide bonds. The van der Waals surface area contributed by atoms with Crippen LogP contribution in [0, 0.1) is 12.8 Å². The third kappa shape index (κ3) is 7.02. The maximum Gasteiger partial charge on any atom is 0.490 e. The Labute approximate surface area is 171 Å². The molecule has 2 atom stereocenters. The zero-order valence-corrected chi connectivity index (χ0v) is 16.5. The van der Waals surface area contributed by atoms with E-state index < -0.39 is 12.1 Å². The lowest BCUT2D eigenvalue weighted by Crippen LogP contribution is -2.27. The van der Waals surface area contributed by atoms with Gasteiger partial charge in [0.1, 0.15) is 0 Å². The third-order valence-corrected chi connectivity index (χ3v) is 4.92. The number of alkyl halides is 3. The van der Waals surface area contributed by atoms with Crippen LogP contribution in [0.5, 0.6) is 0 Å². The number of carboxylic acid groups (broad SMARTS) is 1. The lowest BCUT2D eigenvalue weighted by molar-refractivity contribution is -0.192. The highest BCUT2D eigenvalue weighted by Crippen LogP contribution is 2.25. The number of carbonyl (C=O) groups is 1. The number of aromatic nitrogens is 2. The second kappa shape index (κ2) is 10.1. The fourth-order valence-corrected chi connectivity index (χ4v) is 3.25. The van der Waals surface area contributed by atoms with Gasteiger partial charge in [-0.15, -0.1) is 0 Å². The number of halogens is 4. The van der Waals surface area contributed by atoms with Crippen molar-refractivity contribution in [3.63, 3.8) is 0 Å². The Kier molecular flexibility index (Phi) is 8.06. The molecule has 0 aliphatic heterocycles. The van der Waals surface area contributed by atoms with Gasteiger partial charge in [-0.05, 0) is 48.9 Å². The second-order valence-electron chi connectivity index (χ2n) is 6.91. The average Bonchev–Trinajstić information content (AvgIpc) is 3.24. The van der Waals surface area contributed by atoms with E-state index in [1.165, 1.54) is 11.1 Å². The lowest BCUT2D eigenvalue weighted by Gasteiger charge is -2.16. The summed E-state index contributed by atoms with van der Waals surface area (Å²) in [4.78, 5) is 8.90. The van der Waals surface area contributed by atoms with Gasteiger partial charge in [0.15, 0.2) is 0 Å². The molecule has 2 aromatic rings. The molecule has 1 saturated carbocycles. The first-order chi connectivity index (χ1) is 13.6. The molecule has 1 fully saturated rings. The molecule has 3 N–H and O–H groups in total. The predicted molar refractivity (Wildman–Crippen MR) is 102 cm³/mol. The van der Waals surface area contributed by atoms with Crippen LogP contribution in [0.3, 0.4) is 0 Å². The van der Waals surface area contributed by atoms with E-state index in [2.05, 4.69) is 35.5 Å². The quantitative estimate of drug-likeness (QED) is 0.669. The largest absolute Gasteiger partial charge is 0.490 e. The number of nitrogens with zero attached hydrogens (tertiary/aromatic N) is 2. The first-order valence-corrected chi connectivity index (χ1v) is 9.44. The van der Waals surface area contributed by atoms with Crippen LogP contribution in [0.4, 0.5) is 13.2 Å². The normalized spacial score (nSPS) is 19.0. The van der Waals surface area contributed by atoms with E-state index in [0.29, 0.717) is 10.9 Å². The SMILES string of the molecule is Cc1cc(-n2cc(Cl)cn2)ccc1CNC[C@@H]1CCC[C@@H]1O.O=C(O)C(F)(F)F. The van der Waals surface area contributed by atoms with Crippen molar-refractivity contribution in [2.75, 3.05) is 6.54 Å². The third-order valence-electron chi connectivity index (χ3n) is 4.73. The van der Waals surface area contributed by atoms with Gasteiger partial charge >= 0.3 is 12.1 Å². The molecule has 1 aromatic heterocycles. The van der Waals surface area contributed by atoms with Gasteiger partial charge in [0.25, 0.3) is 0 Å². The summed E-state index contributed by atoms with van der Waals surface area (Å²) < 4.78 is 33.5. The number of aryl methyl sites for hydroxylation is 1. The molecule has 0 spiro atoms. The Morgan fingerprint density at radius 3 is 2.55 bits per heavy atom. The summed E-state index contributed by atoms with van der Waals surface area (Å²) in [5.41, 5.74) is 3.51. The minimum absolute atomic E-state index is 0.125. The minimum Gasteiger partial charge on any atom is -0.475 e. The fourth-order valence-electron chi connectivity index (χ4n) is 3.11. The molecule has 1 aliphatic carbocycles. The summed E-state index contributed by atoms with van der Waals surface area (Å²) in [6.45, 7) is 3.82. The van der Waals surface area contributed by atoms with E-state index in [0.717, 1.165) is 38.0 Å². The second-order valence-corrected chi connectivity index (χ2v) is 7.34. The number of aliphatic hydroxyl groups excluding tert-OH is 1. The Morgan fingerprint density at radius 2 is 2.07 bits per heavy atom. The van der Waals surface area contributed by atoms with Gasteiger partial charge in [0.2, 0.25) is 0 Å². The van der Waals surface area contributed by atoms with Crippen LogP contribution >= 0.6 is 11.6 Å². The van der Waals surface area contributed by atoms with Gasteiger partial charge in [-0.1, -0.05) is 24.1 Å². The molecule has 1 aromatic carbocycles. The van der Waals surface area contributed by atoms with Crippen molar-refractivity contribution >= 4 is 17.6 Å². The van der Waals surface area contributed by atoms with Crippen LogP contribution < -0.4 is 5.32 Å². The van der Waals surface area contributed by atoms with Crippen molar-refractivity contribution in [3.8, 4) is 5.69 Å². The van der Waals surface area contributed by atoms with Crippen molar-refractivity contribution in [1.82, 2.24) is 15.1 Å². The monoisotopic (exact) mass is 433 g/mol. The van der Waals surface area contributed by atoms with E-state index in [4.69, 9.17) is 21.5 Å². The molecule has 160 valence electrons. The maximum absolute atomic E-state index is 10.6. The number of hydrogen-bond acceptors (Lipinski definition) is 4. The van der Waals surface area contributed by atoms with E-state index >= 15 is 0 Å². The number of carboxylic acids is 1. The average molecular weight is 434 g/mol. The topological polar surface area (TPSA) is 87.4 Å². The van der Waals surface area contributed by atoms with Gasteiger partial charge in [-0.25, -0.2) is 9.48 Å². The minimum atomic E-state index is -5.08. The number of nitrogens with one attached hydrogen (secondary N) is 1. The van der Waals surface area contributed by atoms with E-state index in [9.17, 15) is 18.3 Å². The Bertz CT molecular complexity index is 827. The standard InChI is InChI=1S/C17H22ClN3O.C2HF3O2/c1-12-7-16(21-11-15(18)10-20-21)6-5-13(12)8-19-9-14-3-2-4-17(14)22;3-2(4,5)1(6)7/h5-7,10-11,14,17,19,22H,2-4,8-9H2,1H3;(H,6,7)/t14-,17-;/m0./s1. The van der Waals surface area contributed by atoms with E-state index in [1.807, 2.05) is 0 Å². The molecule has 0 bridgehead atoms. The van der Waals surface area contributed by atoms with Crippen LogP contribution in [0.1, 0.15) is 30.4 Å². The van der Waals surface area contributed by atoms with Gasteiger partial charge in [0.05, 0.1) is 23.0 Å². The first-order valence-electron chi connectivity index (χ1n) is 9.07. The first kappa shape index (κ1) is 23.2. The Balaban J connectivity index is 0.000000370. The Hall–Kier alpha value is -2.10. The van der Waals surface area contributed by atoms with Crippen LogP contribution in [0.15, 0.2) is 30.6 Å². The number of rotatable bonds is 5. The summed E-state index contributed by atoms with van der Waals surface area (Å²) in [6.07, 6.45) is 1.46. The smallest absolute Gasteiger partial charge is 0.475 e. The summed E-state index contributed by atoms with van der Waals surface area (Å²) in [5, 5.41) is 25.3. The van der Waals surface area contributed by atoms with Crippen molar-refractivity contribution < 1.29 is 28.2 Å². The van der Waals surface area contributed by atoms with Gasteiger partial charge in [-0.2, -0.15) is 18.3 Å². The summed E-state index contributed by atoms with van der Waals surface area (Å²) in [7, 11) is 0. The molecular weight excluding hydrogens is 411 g/mol. The number of aliphatic carboxylic acids is 1. The molecule has 0 radical (unpaired) electrons. The Morgan fingerprint density at radius 1 is 1.38 bits per heavy atom. The zero-order valence-electron chi connectivity index (χ0n) is 15.8. The van der Waals surface area contributed by atoms with Gasteiger partial charge in [-0.3, -0.25) is 0 Å². The van der Waals surface area contributed by atoms with Crippen molar-refractivity contribution in [2.45, 2.75) is 45.0 Å². The molecule has 29 heavy (non-hydrogen) atoms. The number of aliphatic hydroxyl groups is 1. The van der Waals surface area contributed by atoms with Crippen LogP contribution in [-0.2, 0) is 11.3 Å². The summed E-state index contributed by atoms with van der Waals surface area (Å²) in [6, 6.07) is 6.29. The van der Waals surface area contributed by atoms with Crippen LogP contribution in [0.25, 0.3) is 5.69 Å². The highest BCUT2D eigenvalue weighted by Gasteiger charge is 2.38. The molecule has 1 aliphatic rings. The number of benzene rings is 1. The predicted octanol–water partition coefficient (Wildman–Crippen LogP) is 3.72. The molecule has 6 nitrogen and oxygen atoms in total. The van der Waals surface area contributed by atoms with E-state index in [-0.39, 0.29) is 6.10 Å². The molecule has 10 heteroatoms. The summed E-state index contributed by atoms with van der Waals surface area (Å²) in [5.74, 6) is -2.35. The number of hydrogen-bond donors (Lipinski definition) is 3. The van der Waals surface area contributed by atoms with Crippen LogP contribution in [-0.4, -0.2) is 44.8 Å². The van der Waals surface area contributed by atoms with Crippen molar-refractivity contribution in [3.05, 3.63) is 46.7 Å². The fraction of sp³-hybridized carbons (Fsp3) is 0.474. The zero-order chi connectivity index (χ0) is 21.6. The van der Waals surface area contributed by atoms with Crippen molar-refractivity contribution in [1.29, 1.82) is 0 Å². The highest BCUT2D eigenvalue weighted by molar-refractivity contribution is 6.30. The molecule has 1 heterocycles. The molecule has 3 rings (SSSR count). The molecule has 0 unspecified atom stereocenters. The lowest BCUT2D eigenvalue weighted by atomic mass is 10.1. The van der Waals surface area contributed by atoms with E-state index in [1.54, 1.807) is 17.1 Å². The van der Waals surface area contributed by atoms with Crippen LogP contribution in [0.2, 0.25) is 5.02 Å².